The van der Waals surface area contributed by atoms with Crippen LogP contribution < -0.4 is 10.0 Å². The number of hydrogen-bond acceptors (Lipinski definition) is 8. The van der Waals surface area contributed by atoms with Gasteiger partial charge in [0.15, 0.2) is 0 Å². The van der Waals surface area contributed by atoms with Crippen LogP contribution in [0.25, 0.3) is 0 Å². The second kappa shape index (κ2) is 9.82. The van der Waals surface area contributed by atoms with Gasteiger partial charge >= 0.3 is 5.97 Å². The Kier molecular flexibility index (Phi) is 7.34. The fraction of sp³-hybridized carbons (Fsp3) is 0.158. The molecule has 0 radical (unpaired) electrons. The Bertz CT molecular complexity index is 1290. The third-order valence-corrected chi connectivity index (χ3v) is 7.15. The molecule has 2 N–H and O–H groups in total. The van der Waals surface area contributed by atoms with Gasteiger partial charge in [-0.2, -0.15) is 8.42 Å². The van der Waals surface area contributed by atoms with Gasteiger partial charge in [-0.15, -0.1) is 10.2 Å². The number of rotatable bonds is 7. The Balaban J connectivity index is 1.79. The van der Waals surface area contributed by atoms with Crippen molar-refractivity contribution in [2.45, 2.75) is 18.2 Å². The van der Waals surface area contributed by atoms with Gasteiger partial charge in [0.1, 0.15) is 0 Å². The molecule has 13 heteroatoms. The van der Waals surface area contributed by atoms with Crippen molar-refractivity contribution in [2.75, 3.05) is 16.6 Å². The standard InChI is InChI=1S/C19H16Cl2N4O5S2/c1-3-30-17(27)11-5-4-10(2)15(8-11)25-32(28,29)19-24-23-18(31-19)22-16(26)13-7-6-12(20)9-14(13)21/h4-9,25H,3H2,1-2H3,(H,22,23,26). The molecular weight excluding hydrogens is 499 g/mol. The van der Waals surface area contributed by atoms with Crippen LogP contribution in [0.5, 0.6) is 0 Å². The number of nitrogens with one attached hydrogen (secondary N) is 2. The van der Waals surface area contributed by atoms with Gasteiger partial charge in [-0.25, -0.2) is 4.79 Å². The molecule has 0 atom stereocenters. The molecule has 1 amide bonds. The molecule has 9 nitrogen and oxygen atoms in total. The fourth-order valence-corrected chi connectivity index (χ4v) is 4.98. The summed E-state index contributed by atoms with van der Waals surface area (Å²) in [7, 11) is -4.14. The quantitative estimate of drug-likeness (QED) is 0.353. The average molecular weight is 515 g/mol. The summed E-state index contributed by atoms with van der Waals surface area (Å²) >= 11 is 12.5. The number of carbonyl (C=O) groups is 2. The minimum Gasteiger partial charge on any atom is -0.462 e. The van der Waals surface area contributed by atoms with Crippen LogP contribution >= 0.6 is 34.5 Å². The Morgan fingerprint density at radius 3 is 2.56 bits per heavy atom. The van der Waals surface area contributed by atoms with E-state index in [9.17, 15) is 18.0 Å². The maximum Gasteiger partial charge on any atom is 0.338 e. The summed E-state index contributed by atoms with van der Waals surface area (Å²) in [6.07, 6.45) is 0. The third kappa shape index (κ3) is 5.54. The van der Waals surface area contributed by atoms with E-state index in [1.807, 2.05) is 0 Å². The number of sulfonamides is 1. The largest absolute Gasteiger partial charge is 0.462 e. The van der Waals surface area contributed by atoms with Crippen molar-refractivity contribution < 1.29 is 22.7 Å². The van der Waals surface area contributed by atoms with Gasteiger partial charge < -0.3 is 4.74 Å². The highest BCUT2D eigenvalue weighted by Crippen LogP contribution is 2.27. The lowest BCUT2D eigenvalue weighted by Gasteiger charge is -2.10. The van der Waals surface area contributed by atoms with Gasteiger partial charge in [0, 0.05) is 5.02 Å². The first-order valence-electron chi connectivity index (χ1n) is 9.01. The summed E-state index contributed by atoms with van der Waals surface area (Å²) in [5.74, 6) is -1.17. The number of aromatic nitrogens is 2. The molecule has 0 aliphatic carbocycles. The molecule has 0 bridgehead atoms. The van der Waals surface area contributed by atoms with Gasteiger partial charge in [-0.05, 0) is 49.7 Å². The molecular formula is C19H16Cl2N4O5S2. The summed E-state index contributed by atoms with van der Waals surface area (Å²) in [6, 6.07) is 8.83. The van der Waals surface area contributed by atoms with E-state index in [4.69, 9.17) is 27.9 Å². The monoisotopic (exact) mass is 514 g/mol. The van der Waals surface area contributed by atoms with Crippen LogP contribution in [0.2, 0.25) is 10.0 Å². The van der Waals surface area contributed by atoms with Crippen LogP contribution in [0.3, 0.4) is 0 Å². The van der Waals surface area contributed by atoms with Crippen molar-refractivity contribution in [3.05, 3.63) is 63.1 Å². The number of aryl methyl sites for hydroxylation is 1. The van der Waals surface area contributed by atoms with Crippen LogP contribution in [0.15, 0.2) is 40.7 Å². The molecule has 0 aliphatic heterocycles. The van der Waals surface area contributed by atoms with Crippen molar-refractivity contribution in [3.8, 4) is 0 Å². The highest BCUT2D eigenvalue weighted by Gasteiger charge is 2.23. The van der Waals surface area contributed by atoms with E-state index in [-0.39, 0.29) is 37.9 Å². The number of anilines is 2. The van der Waals surface area contributed by atoms with Gasteiger partial charge in [0.2, 0.25) is 5.13 Å². The molecule has 1 aromatic heterocycles. The number of amides is 1. The minimum absolute atomic E-state index is 0.0432. The second-order valence-electron chi connectivity index (χ2n) is 6.31. The van der Waals surface area contributed by atoms with Crippen molar-refractivity contribution in [2.24, 2.45) is 0 Å². The Labute approximate surface area is 197 Å². The molecule has 0 saturated carbocycles. The summed E-state index contributed by atoms with van der Waals surface area (Å²) in [4.78, 5) is 24.3. The van der Waals surface area contributed by atoms with E-state index in [1.165, 1.54) is 30.3 Å². The molecule has 2 aromatic carbocycles. The lowest BCUT2D eigenvalue weighted by molar-refractivity contribution is 0.0526. The highest BCUT2D eigenvalue weighted by atomic mass is 35.5. The predicted octanol–water partition coefficient (Wildman–Crippen LogP) is 4.38. The molecule has 1 heterocycles. The summed E-state index contributed by atoms with van der Waals surface area (Å²) in [5.41, 5.74) is 1.10. The molecule has 3 aromatic rings. The molecule has 0 fully saturated rings. The molecule has 32 heavy (non-hydrogen) atoms. The van der Waals surface area contributed by atoms with E-state index in [0.29, 0.717) is 21.9 Å². The number of ether oxygens (including phenoxy) is 1. The van der Waals surface area contributed by atoms with Crippen molar-refractivity contribution in [3.63, 3.8) is 0 Å². The third-order valence-electron chi connectivity index (χ3n) is 4.03. The smallest absolute Gasteiger partial charge is 0.338 e. The Morgan fingerprint density at radius 1 is 1.12 bits per heavy atom. The number of nitrogens with zero attached hydrogens (tertiary/aromatic N) is 2. The number of carbonyl (C=O) groups excluding carboxylic acids is 2. The molecule has 3 rings (SSSR count). The number of hydrogen-bond donors (Lipinski definition) is 2. The SMILES string of the molecule is CCOC(=O)c1ccc(C)c(NS(=O)(=O)c2nnc(NC(=O)c3ccc(Cl)cc3Cl)s2)c1. The summed E-state index contributed by atoms with van der Waals surface area (Å²) in [6.45, 7) is 3.53. The van der Waals surface area contributed by atoms with Crippen molar-refractivity contribution >= 4 is 67.3 Å². The second-order valence-corrected chi connectivity index (χ2v) is 9.98. The van der Waals surface area contributed by atoms with E-state index >= 15 is 0 Å². The lowest BCUT2D eigenvalue weighted by atomic mass is 10.1. The minimum atomic E-state index is -4.14. The molecule has 0 spiro atoms. The molecule has 0 unspecified atom stereocenters. The van der Waals surface area contributed by atoms with Crippen LogP contribution in [-0.2, 0) is 14.8 Å². The fourth-order valence-electron chi connectivity index (χ4n) is 2.47. The van der Waals surface area contributed by atoms with E-state index < -0.39 is 21.9 Å². The molecule has 0 aliphatic rings. The van der Waals surface area contributed by atoms with Gasteiger partial charge in [-0.1, -0.05) is 40.6 Å². The van der Waals surface area contributed by atoms with E-state index in [0.717, 1.165) is 0 Å². The summed E-state index contributed by atoms with van der Waals surface area (Å²) in [5, 5.41) is 10.2. The van der Waals surface area contributed by atoms with Gasteiger partial charge in [0.05, 0.1) is 28.4 Å². The van der Waals surface area contributed by atoms with E-state index in [1.54, 1.807) is 19.9 Å². The van der Waals surface area contributed by atoms with Crippen LogP contribution in [-0.4, -0.2) is 37.1 Å². The predicted molar refractivity (Wildman–Crippen MR) is 122 cm³/mol. The molecule has 168 valence electrons. The lowest BCUT2D eigenvalue weighted by Crippen LogP contribution is -2.14. The average Bonchev–Trinajstić information content (AvgIpc) is 3.19. The van der Waals surface area contributed by atoms with Crippen LogP contribution in [0, 0.1) is 6.92 Å². The zero-order valence-corrected chi connectivity index (χ0v) is 19.8. The summed E-state index contributed by atoms with van der Waals surface area (Å²) < 4.78 is 32.4. The first kappa shape index (κ1) is 23.9. The molecule has 0 saturated heterocycles. The normalized spacial score (nSPS) is 11.1. The zero-order valence-electron chi connectivity index (χ0n) is 16.7. The van der Waals surface area contributed by atoms with Gasteiger partial charge in [-0.3, -0.25) is 14.8 Å². The number of benzene rings is 2. The first-order valence-corrected chi connectivity index (χ1v) is 12.1. The van der Waals surface area contributed by atoms with Crippen molar-refractivity contribution in [1.82, 2.24) is 10.2 Å². The van der Waals surface area contributed by atoms with Crippen molar-refractivity contribution in [1.29, 1.82) is 0 Å². The maximum absolute atomic E-state index is 12.8. The Morgan fingerprint density at radius 2 is 1.88 bits per heavy atom. The zero-order chi connectivity index (χ0) is 23.5. The first-order chi connectivity index (χ1) is 15.1. The number of esters is 1. The maximum atomic E-state index is 12.8. The topological polar surface area (TPSA) is 127 Å². The van der Waals surface area contributed by atoms with E-state index in [2.05, 4.69) is 20.2 Å². The van der Waals surface area contributed by atoms with Crippen LogP contribution in [0.1, 0.15) is 33.2 Å². The number of halogens is 2. The highest BCUT2D eigenvalue weighted by molar-refractivity contribution is 7.94. The van der Waals surface area contributed by atoms with Gasteiger partial charge in [0.25, 0.3) is 20.3 Å². The Hall–Kier alpha value is -2.73. The van der Waals surface area contributed by atoms with Crippen LogP contribution in [0.4, 0.5) is 10.8 Å².